The number of hydrogen-bond acceptors (Lipinski definition) is 5. The van der Waals surface area contributed by atoms with Crippen molar-refractivity contribution in [1.82, 2.24) is 9.71 Å². The summed E-state index contributed by atoms with van der Waals surface area (Å²) in [6, 6.07) is 1.56. The molecule has 0 saturated carbocycles. The van der Waals surface area contributed by atoms with Crippen LogP contribution in [0.4, 0.5) is 11.5 Å². The molecule has 96 valence electrons. The van der Waals surface area contributed by atoms with Crippen molar-refractivity contribution in [3.63, 3.8) is 0 Å². The molecule has 0 aliphatic rings. The van der Waals surface area contributed by atoms with Crippen LogP contribution in [0.5, 0.6) is 0 Å². The Kier molecular flexibility index (Phi) is 4.67. The van der Waals surface area contributed by atoms with E-state index < -0.39 is 10.2 Å². The minimum Gasteiger partial charge on any atom is -0.397 e. The molecule has 0 atom stereocenters. The summed E-state index contributed by atoms with van der Waals surface area (Å²) in [6.45, 7) is 2.27. The Morgan fingerprint density at radius 2 is 2.24 bits per heavy atom. The van der Waals surface area contributed by atoms with Crippen molar-refractivity contribution in [3.8, 4) is 0 Å². The van der Waals surface area contributed by atoms with Crippen LogP contribution in [0.1, 0.15) is 5.56 Å². The van der Waals surface area contributed by atoms with Crippen molar-refractivity contribution in [1.29, 1.82) is 0 Å². The van der Waals surface area contributed by atoms with E-state index in [2.05, 4.69) is 14.4 Å². The first kappa shape index (κ1) is 13.7. The lowest BCUT2D eigenvalue weighted by atomic mass is 10.2. The molecule has 0 aliphatic carbocycles. The highest BCUT2D eigenvalue weighted by Gasteiger charge is 2.10. The number of aromatic nitrogens is 1. The summed E-state index contributed by atoms with van der Waals surface area (Å²) in [5.74, 6) is 0.224. The van der Waals surface area contributed by atoms with E-state index in [1.807, 2.05) is 0 Å². The third kappa shape index (κ3) is 4.55. The monoisotopic (exact) mass is 260 g/mol. The summed E-state index contributed by atoms with van der Waals surface area (Å²) in [4.78, 5) is 3.87. The molecule has 1 aromatic heterocycles. The Morgan fingerprint density at radius 3 is 2.82 bits per heavy atom. The van der Waals surface area contributed by atoms with Crippen molar-refractivity contribution in [3.05, 3.63) is 17.8 Å². The van der Waals surface area contributed by atoms with Gasteiger partial charge in [0.25, 0.3) is 10.2 Å². The molecule has 17 heavy (non-hydrogen) atoms. The molecule has 0 amide bonds. The molecule has 0 aliphatic heterocycles. The van der Waals surface area contributed by atoms with E-state index in [1.54, 1.807) is 13.0 Å². The second-order valence-electron chi connectivity index (χ2n) is 3.42. The number of aryl methyl sites for hydroxylation is 1. The van der Waals surface area contributed by atoms with Crippen molar-refractivity contribution < 1.29 is 13.2 Å². The summed E-state index contributed by atoms with van der Waals surface area (Å²) < 4.78 is 32.4. The van der Waals surface area contributed by atoms with Gasteiger partial charge < -0.3 is 10.5 Å². The molecule has 0 spiro atoms. The molecule has 1 rings (SSSR count). The molecule has 0 saturated heterocycles. The fourth-order valence-electron chi connectivity index (χ4n) is 1.07. The lowest BCUT2D eigenvalue weighted by Gasteiger charge is -2.09. The van der Waals surface area contributed by atoms with Crippen molar-refractivity contribution in [2.24, 2.45) is 0 Å². The Bertz CT molecular complexity index is 475. The highest BCUT2D eigenvalue weighted by Crippen LogP contribution is 2.13. The molecule has 4 N–H and O–H groups in total. The maximum absolute atomic E-state index is 11.5. The van der Waals surface area contributed by atoms with Crippen molar-refractivity contribution in [2.45, 2.75) is 6.92 Å². The second-order valence-corrected chi connectivity index (χ2v) is 4.92. The van der Waals surface area contributed by atoms with E-state index in [-0.39, 0.29) is 12.4 Å². The minimum absolute atomic E-state index is 0.194. The summed E-state index contributed by atoms with van der Waals surface area (Å²) in [5.41, 5.74) is 6.85. The van der Waals surface area contributed by atoms with E-state index in [1.165, 1.54) is 13.3 Å². The van der Waals surface area contributed by atoms with Gasteiger partial charge in [-0.15, -0.1) is 0 Å². The molecule has 0 aromatic carbocycles. The molecule has 0 unspecified atom stereocenters. The van der Waals surface area contributed by atoms with Gasteiger partial charge in [0.1, 0.15) is 5.82 Å². The topological polar surface area (TPSA) is 106 Å². The van der Waals surface area contributed by atoms with E-state index in [0.29, 0.717) is 12.3 Å². The largest absolute Gasteiger partial charge is 0.397 e. The van der Waals surface area contributed by atoms with Gasteiger partial charge in [0.15, 0.2) is 0 Å². The van der Waals surface area contributed by atoms with Crippen LogP contribution in [-0.2, 0) is 14.9 Å². The molecule has 0 fully saturated rings. The lowest BCUT2D eigenvalue weighted by Crippen LogP contribution is -2.32. The fraction of sp³-hybridized carbons (Fsp3) is 0.444. The van der Waals surface area contributed by atoms with Crippen LogP contribution in [0.25, 0.3) is 0 Å². The average Bonchev–Trinajstić information content (AvgIpc) is 2.23. The number of nitrogen functional groups attached to an aromatic ring is 1. The highest BCUT2D eigenvalue weighted by molar-refractivity contribution is 7.90. The van der Waals surface area contributed by atoms with E-state index >= 15 is 0 Å². The van der Waals surface area contributed by atoms with Crippen LogP contribution in [0.2, 0.25) is 0 Å². The number of nitrogens with one attached hydrogen (secondary N) is 2. The predicted octanol–water partition coefficient (Wildman–Crippen LogP) is -0.135. The minimum atomic E-state index is -3.62. The van der Waals surface area contributed by atoms with Crippen LogP contribution < -0.4 is 15.2 Å². The van der Waals surface area contributed by atoms with Crippen molar-refractivity contribution in [2.75, 3.05) is 30.7 Å². The SMILES string of the molecule is COCCNS(=O)(=O)Nc1cc(C)c(N)cn1. The molecular weight excluding hydrogens is 244 g/mol. The van der Waals surface area contributed by atoms with Gasteiger partial charge in [0.05, 0.1) is 18.5 Å². The molecule has 7 nitrogen and oxygen atoms in total. The average molecular weight is 260 g/mol. The summed E-state index contributed by atoms with van der Waals surface area (Å²) in [7, 11) is -2.13. The zero-order valence-corrected chi connectivity index (χ0v) is 10.5. The first-order chi connectivity index (χ1) is 7.94. The predicted molar refractivity (Wildman–Crippen MR) is 65.8 cm³/mol. The highest BCUT2D eigenvalue weighted by atomic mass is 32.2. The van der Waals surface area contributed by atoms with E-state index in [0.717, 1.165) is 5.56 Å². The van der Waals surface area contributed by atoms with E-state index in [9.17, 15) is 8.42 Å². The molecule has 8 heteroatoms. The number of hydrogen-bond donors (Lipinski definition) is 3. The zero-order valence-electron chi connectivity index (χ0n) is 9.73. The van der Waals surface area contributed by atoms with Gasteiger partial charge in [-0.25, -0.2) is 4.98 Å². The first-order valence-electron chi connectivity index (χ1n) is 4.93. The zero-order chi connectivity index (χ0) is 12.9. The third-order valence-corrected chi connectivity index (χ3v) is 3.05. The molecule has 0 radical (unpaired) electrons. The van der Waals surface area contributed by atoms with Gasteiger partial charge >= 0.3 is 0 Å². The first-order valence-corrected chi connectivity index (χ1v) is 6.41. The van der Waals surface area contributed by atoms with Gasteiger partial charge in [-0.3, -0.25) is 4.72 Å². The fourth-order valence-corrected chi connectivity index (χ4v) is 1.89. The van der Waals surface area contributed by atoms with Crippen LogP contribution in [-0.4, -0.2) is 33.7 Å². The summed E-state index contributed by atoms with van der Waals surface area (Å²) in [6.07, 6.45) is 1.41. The molecule has 0 bridgehead atoms. The number of ether oxygens (including phenoxy) is 1. The normalized spacial score (nSPS) is 11.4. The maximum Gasteiger partial charge on any atom is 0.300 e. The van der Waals surface area contributed by atoms with Gasteiger partial charge in [0.2, 0.25) is 0 Å². The van der Waals surface area contributed by atoms with Gasteiger partial charge in [-0.2, -0.15) is 13.1 Å². The molecule has 1 aromatic rings. The van der Waals surface area contributed by atoms with Gasteiger partial charge in [-0.05, 0) is 18.6 Å². The standard InChI is InChI=1S/C9H16N4O3S/c1-7-5-9(11-6-8(7)10)13-17(14,15)12-3-4-16-2/h5-6,12H,3-4,10H2,1-2H3,(H,11,13). The smallest absolute Gasteiger partial charge is 0.300 e. The summed E-state index contributed by atoms with van der Waals surface area (Å²) >= 11 is 0. The van der Waals surface area contributed by atoms with Crippen LogP contribution >= 0.6 is 0 Å². The van der Waals surface area contributed by atoms with Gasteiger partial charge in [0, 0.05) is 13.7 Å². The van der Waals surface area contributed by atoms with E-state index in [4.69, 9.17) is 10.5 Å². The Hall–Kier alpha value is -1.38. The number of methoxy groups -OCH3 is 1. The second kappa shape index (κ2) is 5.80. The quantitative estimate of drug-likeness (QED) is 0.617. The summed E-state index contributed by atoms with van der Waals surface area (Å²) in [5, 5.41) is 0. The van der Waals surface area contributed by atoms with Crippen molar-refractivity contribution >= 4 is 21.7 Å². The number of nitrogens with two attached hydrogens (primary N) is 1. The Morgan fingerprint density at radius 1 is 1.53 bits per heavy atom. The van der Waals surface area contributed by atoms with Crippen LogP contribution in [0.3, 0.4) is 0 Å². The number of nitrogens with zero attached hydrogens (tertiary/aromatic N) is 1. The maximum atomic E-state index is 11.5. The molecule has 1 heterocycles. The Balaban J connectivity index is 2.66. The van der Waals surface area contributed by atoms with Crippen LogP contribution in [0, 0.1) is 6.92 Å². The number of pyridine rings is 1. The lowest BCUT2D eigenvalue weighted by molar-refractivity contribution is 0.204. The molecular formula is C9H16N4O3S. The number of rotatable bonds is 6. The van der Waals surface area contributed by atoms with Crippen LogP contribution in [0.15, 0.2) is 12.3 Å². The third-order valence-electron chi connectivity index (χ3n) is 1.99. The Labute approximate surface area is 101 Å². The van der Waals surface area contributed by atoms with Gasteiger partial charge in [-0.1, -0.05) is 0 Å². The number of anilines is 2.